The van der Waals surface area contributed by atoms with Crippen molar-refractivity contribution in [3.63, 3.8) is 0 Å². The van der Waals surface area contributed by atoms with Crippen molar-refractivity contribution in [2.24, 2.45) is 0 Å². The summed E-state index contributed by atoms with van der Waals surface area (Å²) < 4.78 is 4.37. The van der Waals surface area contributed by atoms with Crippen molar-refractivity contribution in [1.82, 2.24) is 0 Å². The van der Waals surface area contributed by atoms with Gasteiger partial charge >= 0.3 is 11.9 Å². The molecule has 0 radical (unpaired) electrons. The van der Waals surface area contributed by atoms with Gasteiger partial charge in [0.25, 0.3) is 0 Å². The van der Waals surface area contributed by atoms with E-state index in [1.165, 1.54) is 0 Å². The summed E-state index contributed by atoms with van der Waals surface area (Å²) in [7, 11) is 0. The Hall–Kier alpha value is -2.30. The zero-order valence-electron chi connectivity index (χ0n) is 9.27. The van der Waals surface area contributed by atoms with Crippen LogP contribution in [0.15, 0.2) is 0 Å². The van der Waals surface area contributed by atoms with E-state index in [-0.39, 0.29) is 22.6 Å². The largest absolute Gasteiger partial charge is 0.506 e. The summed E-state index contributed by atoms with van der Waals surface area (Å²) in [6, 6.07) is 0. The minimum Gasteiger partial charge on any atom is -0.506 e. The normalized spacial score (nSPS) is 16.4. The van der Waals surface area contributed by atoms with Gasteiger partial charge in [-0.3, -0.25) is 0 Å². The smallest absolute Gasteiger partial charge is 0.350 e. The van der Waals surface area contributed by atoms with Crippen molar-refractivity contribution in [1.29, 1.82) is 0 Å². The van der Waals surface area contributed by atoms with E-state index in [0.717, 1.165) is 0 Å². The molecule has 1 aromatic rings. The van der Waals surface area contributed by atoms with Crippen LogP contribution >= 0.6 is 0 Å². The summed E-state index contributed by atoms with van der Waals surface area (Å²) in [5, 5.41) is 20.4. The van der Waals surface area contributed by atoms with Crippen molar-refractivity contribution < 1.29 is 24.5 Å². The molecule has 5 nitrogen and oxygen atoms in total. The van der Waals surface area contributed by atoms with Gasteiger partial charge in [0.15, 0.2) is 0 Å². The Morgan fingerprint density at radius 1 is 0.882 bits per heavy atom. The van der Waals surface area contributed by atoms with Crippen LogP contribution in [0.5, 0.6) is 11.5 Å². The van der Waals surface area contributed by atoms with Crippen LogP contribution in [-0.2, 0) is 4.74 Å². The lowest BCUT2D eigenvalue weighted by Gasteiger charge is -2.03. The third-order valence-electron chi connectivity index (χ3n) is 2.70. The number of benzene rings is 1. The van der Waals surface area contributed by atoms with Crippen LogP contribution in [0.1, 0.15) is 34.6 Å². The van der Waals surface area contributed by atoms with E-state index < -0.39 is 11.9 Å². The van der Waals surface area contributed by atoms with Gasteiger partial charge in [0, 0.05) is 10.4 Å². The van der Waals surface area contributed by atoms with Crippen molar-refractivity contribution in [3.05, 3.63) is 21.6 Å². The minimum atomic E-state index is -0.941. The number of cyclic esters (lactones) is 2. The number of aromatic hydroxyl groups is 2. The monoisotopic (exact) mass is 234 g/mol. The van der Waals surface area contributed by atoms with Gasteiger partial charge < -0.3 is 14.9 Å². The van der Waals surface area contributed by atoms with E-state index in [4.69, 9.17) is 0 Å². The van der Waals surface area contributed by atoms with Gasteiger partial charge in [-0.05, 0) is 13.8 Å². The van der Waals surface area contributed by atoms with Gasteiger partial charge in [-0.25, -0.2) is 9.59 Å². The average Bonchev–Trinajstić information content (AvgIpc) is 2.59. The number of phenols is 2. The van der Waals surface area contributed by atoms with Crippen molar-refractivity contribution >= 4 is 24.1 Å². The molecule has 0 spiro atoms. The van der Waals surface area contributed by atoms with Crippen LogP contribution < -0.4 is 10.4 Å². The molecule has 0 saturated heterocycles. The quantitative estimate of drug-likeness (QED) is 0.375. The SMILES string of the molecule is CC=c1c(O)c2c(c(O)c1=CC)C(=O)OC2=O. The standard InChI is InChI=1S/C12H10O5/c1-3-5-6(4-2)10(14)8-7(9(5)13)11(15)17-12(8)16/h3-4,13-14H,1-2H3. The van der Waals surface area contributed by atoms with Crippen LogP contribution in [0.25, 0.3) is 12.2 Å². The molecule has 1 aliphatic heterocycles. The Balaban J connectivity index is 3.11. The number of fused-ring (bicyclic) bond motifs is 1. The van der Waals surface area contributed by atoms with Crippen molar-refractivity contribution in [3.8, 4) is 11.5 Å². The number of hydrogen-bond donors (Lipinski definition) is 2. The molecule has 0 bridgehead atoms. The second-order valence-electron chi connectivity index (χ2n) is 3.53. The summed E-state index contributed by atoms with van der Waals surface area (Å²) in [4.78, 5) is 22.8. The van der Waals surface area contributed by atoms with E-state index in [0.29, 0.717) is 10.4 Å². The third-order valence-corrected chi connectivity index (χ3v) is 2.70. The molecule has 88 valence electrons. The van der Waals surface area contributed by atoms with Crippen LogP contribution in [0.2, 0.25) is 0 Å². The molecule has 17 heavy (non-hydrogen) atoms. The Kier molecular flexibility index (Phi) is 2.38. The number of carbonyl (C=O) groups excluding carboxylic acids is 2. The average molecular weight is 234 g/mol. The molecule has 0 fully saturated rings. The summed E-state index contributed by atoms with van der Waals surface area (Å²) >= 11 is 0. The Morgan fingerprint density at radius 2 is 1.24 bits per heavy atom. The molecular weight excluding hydrogens is 224 g/mol. The number of esters is 2. The van der Waals surface area contributed by atoms with Gasteiger partial charge in [0.05, 0.1) is 0 Å². The van der Waals surface area contributed by atoms with Gasteiger partial charge in [0.1, 0.15) is 22.6 Å². The van der Waals surface area contributed by atoms with Gasteiger partial charge in [0.2, 0.25) is 0 Å². The van der Waals surface area contributed by atoms with Gasteiger partial charge in [-0.1, -0.05) is 12.2 Å². The van der Waals surface area contributed by atoms with Crippen molar-refractivity contribution in [2.75, 3.05) is 0 Å². The molecule has 0 saturated carbocycles. The molecule has 2 N–H and O–H groups in total. The second-order valence-corrected chi connectivity index (χ2v) is 3.53. The maximum atomic E-state index is 11.4. The highest BCUT2D eigenvalue weighted by Crippen LogP contribution is 2.29. The molecule has 5 heteroatoms. The maximum Gasteiger partial charge on any atom is 0.350 e. The Labute approximate surface area is 96.3 Å². The maximum absolute atomic E-state index is 11.4. The zero-order chi connectivity index (χ0) is 12.7. The fourth-order valence-electron chi connectivity index (χ4n) is 1.93. The number of rotatable bonds is 0. The molecule has 1 aromatic carbocycles. The molecule has 1 heterocycles. The van der Waals surface area contributed by atoms with Crippen LogP contribution in [0.3, 0.4) is 0 Å². The minimum absolute atomic E-state index is 0.272. The lowest BCUT2D eigenvalue weighted by Crippen LogP contribution is -2.27. The van der Waals surface area contributed by atoms with Crippen LogP contribution in [0, 0.1) is 0 Å². The first-order chi connectivity index (χ1) is 8.02. The topological polar surface area (TPSA) is 83.8 Å². The molecule has 0 atom stereocenters. The zero-order valence-corrected chi connectivity index (χ0v) is 9.27. The molecular formula is C12H10O5. The number of phenolic OH excluding ortho intramolecular Hbond substituents is 2. The van der Waals surface area contributed by atoms with E-state index >= 15 is 0 Å². The lowest BCUT2D eigenvalue weighted by molar-refractivity contribution is 0.0442. The Morgan fingerprint density at radius 3 is 1.53 bits per heavy atom. The highest BCUT2D eigenvalue weighted by molar-refractivity contribution is 6.17. The first kappa shape index (κ1) is 11.2. The van der Waals surface area contributed by atoms with Gasteiger partial charge in [-0.15, -0.1) is 0 Å². The van der Waals surface area contributed by atoms with E-state index in [9.17, 15) is 19.8 Å². The third kappa shape index (κ3) is 1.32. The van der Waals surface area contributed by atoms with Gasteiger partial charge in [-0.2, -0.15) is 0 Å². The summed E-state index contributed by atoms with van der Waals surface area (Å²) in [6.07, 6.45) is 3.08. The van der Waals surface area contributed by atoms with Crippen LogP contribution in [0.4, 0.5) is 0 Å². The second kappa shape index (κ2) is 3.62. The first-order valence-corrected chi connectivity index (χ1v) is 5.00. The van der Waals surface area contributed by atoms with Crippen molar-refractivity contribution in [2.45, 2.75) is 13.8 Å². The molecule has 0 unspecified atom stereocenters. The predicted octanol–water partition coefficient (Wildman–Crippen LogP) is 0.00920. The van der Waals surface area contributed by atoms with Crippen LogP contribution in [-0.4, -0.2) is 22.2 Å². The van der Waals surface area contributed by atoms with E-state index in [1.54, 1.807) is 26.0 Å². The lowest BCUT2D eigenvalue weighted by atomic mass is 10.0. The van der Waals surface area contributed by atoms with E-state index in [2.05, 4.69) is 4.74 Å². The fourth-order valence-corrected chi connectivity index (χ4v) is 1.93. The molecule has 2 rings (SSSR count). The number of hydrogen-bond acceptors (Lipinski definition) is 5. The number of ether oxygens (including phenoxy) is 1. The summed E-state index contributed by atoms with van der Waals surface area (Å²) in [5.74, 6) is -2.57. The first-order valence-electron chi connectivity index (χ1n) is 5.00. The fraction of sp³-hybridized carbons (Fsp3) is 0.167. The molecule has 1 aliphatic rings. The highest BCUT2D eigenvalue weighted by atomic mass is 16.6. The van der Waals surface area contributed by atoms with E-state index in [1.807, 2.05) is 0 Å². The molecule has 0 aliphatic carbocycles. The summed E-state index contributed by atoms with van der Waals surface area (Å²) in [6.45, 7) is 3.30. The number of carbonyl (C=O) groups is 2. The molecule has 0 aromatic heterocycles. The highest BCUT2D eigenvalue weighted by Gasteiger charge is 2.36. The predicted molar refractivity (Wildman–Crippen MR) is 59.0 cm³/mol. The summed E-state index contributed by atoms with van der Waals surface area (Å²) in [5.41, 5.74) is -0.544. The molecule has 0 amide bonds. The Bertz CT molecular complexity index is 598.